The Kier molecular flexibility index (Phi) is 9.48. The molecule has 8 heteroatoms. The van der Waals surface area contributed by atoms with Gasteiger partial charge in [-0.25, -0.2) is 9.13 Å². The van der Waals surface area contributed by atoms with E-state index in [0.717, 1.165) is 77.9 Å². The Labute approximate surface area is 347 Å². The van der Waals surface area contributed by atoms with Crippen molar-refractivity contribution in [2.75, 3.05) is 0 Å². The van der Waals surface area contributed by atoms with Crippen molar-refractivity contribution in [3.05, 3.63) is 195 Å². The fraction of sp³-hybridized carbons (Fsp3) is 0.0385. The Bertz CT molecular complexity index is 2850. The maximum absolute atomic E-state index is 6.33. The van der Waals surface area contributed by atoms with Crippen LogP contribution in [0.2, 0.25) is 0 Å². The van der Waals surface area contributed by atoms with Crippen LogP contribution in [0.1, 0.15) is 0 Å². The molecule has 0 aliphatic heterocycles. The molecule has 0 aliphatic rings. The van der Waals surface area contributed by atoms with Gasteiger partial charge < -0.3 is 8.83 Å². The molecule has 0 unspecified atom stereocenters. The highest BCUT2D eigenvalue weighted by Gasteiger charge is 2.20. The molecule has 6 aromatic carbocycles. The van der Waals surface area contributed by atoms with Crippen LogP contribution in [0.4, 0.5) is 0 Å². The van der Waals surface area contributed by atoms with Crippen LogP contribution in [0.5, 0.6) is 0 Å². The van der Waals surface area contributed by atoms with Crippen LogP contribution in [-0.2, 0) is 14.1 Å². The second-order valence-corrected chi connectivity index (χ2v) is 14.7. The largest absolute Gasteiger partial charge is 0.416 e. The molecule has 8 nitrogen and oxygen atoms in total. The molecule has 0 aliphatic carbocycles. The van der Waals surface area contributed by atoms with Crippen molar-refractivity contribution < 1.29 is 18.0 Å². The van der Waals surface area contributed by atoms with E-state index >= 15 is 0 Å². The van der Waals surface area contributed by atoms with Crippen molar-refractivity contribution >= 4 is 0 Å². The van der Waals surface area contributed by atoms with E-state index in [2.05, 4.69) is 142 Å². The lowest BCUT2D eigenvalue weighted by molar-refractivity contribution is -0.671. The van der Waals surface area contributed by atoms with Gasteiger partial charge in [0, 0.05) is 46.5 Å². The standard InChI is InChI=1S/C52H38N6O2/c1-57-29-25-39(26-30-57)47-33-43(51-55-53-49(59-51)41-17-13-37(14-18-41)35-9-5-3-6-10-35)21-23-45(47)46-24-22-44(34-48(46)40-27-31-58(2)32-28-40)52-56-54-50(60-52)42-19-15-38(16-20-42)36-11-7-4-8-12-36/h3-34H,1-2H3/q+2. The molecule has 10 aromatic rings. The third-order valence-corrected chi connectivity index (χ3v) is 10.7. The van der Waals surface area contributed by atoms with Crippen LogP contribution in [0.15, 0.2) is 203 Å². The third-order valence-electron chi connectivity index (χ3n) is 10.7. The topological polar surface area (TPSA) is 85.6 Å². The Morgan fingerprint density at radius 1 is 0.283 bits per heavy atom. The van der Waals surface area contributed by atoms with Crippen LogP contribution in [-0.4, -0.2) is 20.4 Å². The van der Waals surface area contributed by atoms with Gasteiger partial charge in [-0.2, -0.15) is 0 Å². The van der Waals surface area contributed by atoms with E-state index < -0.39 is 0 Å². The molecule has 0 fully saturated rings. The molecule has 4 aromatic heterocycles. The lowest BCUT2D eigenvalue weighted by atomic mass is 9.88. The second-order valence-electron chi connectivity index (χ2n) is 14.7. The maximum atomic E-state index is 6.33. The molecule has 0 N–H and O–H groups in total. The third kappa shape index (κ3) is 7.29. The Morgan fingerprint density at radius 3 is 0.950 bits per heavy atom. The van der Waals surface area contributed by atoms with Gasteiger partial charge in [-0.15, -0.1) is 20.4 Å². The van der Waals surface area contributed by atoms with Gasteiger partial charge in [-0.3, -0.25) is 0 Å². The number of hydrogen-bond donors (Lipinski definition) is 0. The van der Waals surface area contributed by atoms with Gasteiger partial charge in [-0.05, 0) is 104 Å². The fourth-order valence-electron chi connectivity index (χ4n) is 7.45. The van der Waals surface area contributed by atoms with E-state index in [-0.39, 0.29) is 0 Å². The highest BCUT2D eigenvalue weighted by atomic mass is 16.4. The molecule has 0 saturated heterocycles. The summed E-state index contributed by atoms with van der Waals surface area (Å²) in [4.78, 5) is 0. The summed E-state index contributed by atoms with van der Waals surface area (Å²) < 4.78 is 16.7. The summed E-state index contributed by atoms with van der Waals surface area (Å²) in [5, 5.41) is 17.9. The van der Waals surface area contributed by atoms with E-state index in [1.165, 1.54) is 0 Å². The van der Waals surface area contributed by atoms with E-state index in [0.29, 0.717) is 23.6 Å². The number of pyridine rings is 2. The van der Waals surface area contributed by atoms with Crippen LogP contribution in [0, 0.1) is 0 Å². The van der Waals surface area contributed by atoms with Gasteiger partial charge in [0.2, 0.25) is 23.6 Å². The predicted molar refractivity (Wildman–Crippen MR) is 233 cm³/mol. The number of benzene rings is 6. The van der Waals surface area contributed by atoms with Crippen molar-refractivity contribution in [2.24, 2.45) is 14.1 Å². The molecule has 4 heterocycles. The summed E-state index contributed by atoms with van der Waals surface area (Å²) in [6.07, 6.45) is 8.22. The quantitative estimate of drug-likeness (QED) is 0.136. The molecule has 0 radical (unpaired) electrons. The second kappa shape index (κ2) is 15.7. The minimum absolute atomic E-state index is 0.444. The first-order valence-corrected chi connectivity index (χ1v) is 19.7. The predicted octanol–water partition coefficient (Wildman–Crippen LogP) is 11.1. The number of rotatable bonds is 9. The minimum atomic E-state index is 0.444. The SMILES string of the molecule is C[n+]1ccc(-c2cc(-c3nnc(-c4ccc(-c5ccccc5)cc4)o3)ccc2-c2ccc(-c3nnc(-c4ccc(-c5ccccc5)cc4)o3)cc2-c2cc[n+](C)cc2)cc1. The summed E-state index contributed by atoms with van der Waals surface area (Å²) >= 11 is 0. The first-order valence-electron chi connectivity index (χ1n) is 19.7. The molecular formula is C52H38N6O2+2. The van der Waals surface area contributed by atoms with Gasteiger partial charge in [0.05, 0.1) is 0 Å². The summed E-state index contributed by atoms with van der Waals surface area (Å²) in [6, 6.07) is 58.1. The van der Waals surface area contributed by atoms with Crippen LogP contribution in [0.25, 0.3) is 101 Å². The average molecular weight is 779 g/mol. The lowest BCUT2D eigenvalue weighted by Crippen LogP contribution is -2.25. The number of aryl methyl sites for hydroxylation is 2. The first kappa shape index (κ1) is 36.3. The zero-order valence-electron chi connectivity index (χ0n) is 33.0. The van der Waals surface area contributed by atoms with Crippen molar-refractivity contribution in [3.8, 4) is 101 Å². The first-order chi connectivity index (χ1) is 29.5. The van der Waals surface area contributed by atoms with Crippen molar-refractivity contribution in [1.29, 1.82) is 0 Å². The zero-order valence-corrected chi connectivity index (χ0v) is 33.0. The molecule has 60 heavy (non-hydrogen) atoms. The monoisotopic (exact) mass is 778 g/mol. The average Bonchev–Trinajstić information content (AvgIpc) is 4.02. The summed E-state index contributed by atoms with van der Waals surface area (Å²) in [6.45, 7) is 0. The smallest absolute Gasteiger partial charge is 0.248 e. The van der Waals surface area contributed by atoms with Crippen molar-refractivity contribution in [2.45, 2.75) is 0 Å². The highest BCUT2D eigenvalue weighted by molar-refractivity contribution is 5.94. The van der Waals surface area contributed by atoms with Gasteiger partial charge in [0.15, 0.2) is 24.8 Å². The zero-order chi connectivity index (χ0) is 40.4. The fourth-order valence-corrected chi connectivity index (χ4v) is 7.45. The molecule has 286 valence electrons. The summed E-state index contributed by atoms with van der Waals surface area (Å²) in [5.74, 6) is 1.81. The van der Waals surface area contributed by atoms with Crippen molar-refractivity contribution in [1.82, 2.24) is 20.4 Å². The number of aromatic nitrogens is 6. The van der Waals surface area contributed by atoms with Crippen LogP contribution < -0.4 is 9.13 Å². The lowest BCUT2D eigenvalue weighted by Gasteiger charge is -2.16. The molecule has 10 rings (SSSR count). The van der Waals surface area contributed by atoms with E-state index in [1.807, 2.05) is 96.0 Å². The Hall–Kier alpha value is -8.10. The molecule has 0 spiro atoms. The minimum Gasteiger partial charge on any atom is -0.416 e. The van der Waals surface area contributed by atoms with Gasteiger partial charge in [-0.1, -0.05) is 97.1 Å². The Morgan fingerprint density at radius 2 is 0.583 bits per heavy atom. The van der Waals surface area contributed by atoms with Crippen LogP contribution in [0.3, 0.4) is 0 Å². The molecule has 0 atom stereocenters. The highest BCUT2D eigenvalue weighted by Crippen LogP contribution is 2.42. The van der Waals surface area contributed by atoms with E-state index in [9.17, 15) is 0 Å². The summed E-state index contributed by atoms with van der Waals surface area (Å²) in [7, 11) is 4.03. The van der Waals surface area contributed by atoms with Gasteiger partial charge >= 0.3 is 0 Å². The van der Waals surface area contributed by atoms with E-state index in [1.54, 1.807) is 0 Å². The molecular weight excluding hydrogens is 741 g/mol. The van der Waals surface area contributed by atoms with Crippen LogP contribution >= 0.6 is 0 Å². The Balaban J connectivity index is 1.02. The van der Waals surface area contributed by atoms with Gasteiger partial charge in [0.1, 0.15) is 14.1 Å². The molecule has 0 saturated carbocycles. The van der Waals surface area contributed by atoms with E-state index in [4.69, 9.17) is 8.83 Å². The molecule has 0 amide bonds. The van der Waals surface area contributed by atoms with Crippen molar-refractivity contribution in [3.63, 3.8) is 0 Å². The molecule has 0 bridgehead atoms. The number of nitrogens with zero attached hydrogens (tertiary/aromatic N) is 6. The normalized spacial score (nSPS) is 11.2. The number of hydrogen-bond acceptors (Lipinski definition) is 6. The van der Waals surface area contributed by atoms with Gasteiger partial charge in [0.25, 0.3) is 0 Å². The maximum Gasteiger partial charge on any atom is 0.248 e. The summed E-state index contributed by atoms with van der Waals surface area (Å²) in [5.41, 5.74) is 14.2.